The second-order valence-corrected chi connectivity index (χ2v) is 17.9. The van der Waals surface area contributed by atoms with E-state index in [-0.39, 0.29) is 49.4 Å². The maximum absolute atomic E-state index is 14.7. The number of sulfonamides is 1. The lowest BCUT2D eigenvalue weighted by Gasteiger charge is -2.37. The Morgan fingerprint density at radius 3 is 2.29 bits per heavy atom. The number of nitrogens with zero attached hydrogens (tertiary/aromatic N) is 5. The third kappa shape index (κ3) is 10.2. The quantitative estimate of drug-likeness (QED) is 0.169. The van der Waals surface area contributed by atoms with Gasteiger partial charge in [-0.15, -0.1) is 5.10 Å². The molecular formula is C35H45F3N8O8S2. The molecule has 1 aromatic heterocycles. The zero-order valence-electron chi connectivity index (χ0n) is 30.9. The summed E-state index contributed by atoms with van der Waals surface area (Å²) in [5.41, 5.74) is 2.36. The van der Waals surface area contributed by atoms with Crippen LogP contribution < -0.4 is 15.8 Å². The van der Waals surface area contributed by atoms with Gasteiger partial charge in [-0.2, -0.15) is 24.9 Å². The number of benzene rings is 1. The highest BCUT2D eigenvalue weighted by Crippen LogP contribution is 2.35. The molecule has 5 N–H and O–H groups in total. The van der Waals surface area contributed by atoms with E-state index in [0.717, 1.165) is 56.4 Å². The fraction of sp³-hybridized carbons (Fsp3) is 0.600. The summed E-state index contributed by atoms with van der Waals surface area (Å²) >= 11 is 1.54. The molecule has 2 atom stereocenters. The minimum absolute atomic E-state index is 0.0366. The van der Waals surface area contributed by atoms with Crippen molar-refractivity contribution < 1.29 is 50.7 Å². The molecule has 0 unspecified atom stereocenters. The topological polar surface area (TPSA) is 236 Å². The number of likely N-dealkylation sites (tertiary alicyclic amines) is 1. The molecule has 3 heterocycles. The number of nitrogens with two attached hydrogens (primary N) is 1. The van der Waals surface area contributed by atoms with E-state index < -0.39 is 80.3 Å². The molecular weight excluding hydrogens is 782 g/mol. The van der Waals surface area contributed by atoms with Crippen LogP contribution in [0.25, 0.3) is 0 Å². The normalized spacial score (nSPS) is 21.1. The van der Waals surface area contributed by atoms with E-state index in [4.69, 9.17) is 5.73 Å². The van der Waals surface area contributed by atoms with Gasteiger partial charge >= 0.3 is 6.18 Å². The summed E-state index contributed by atoms with van der Waals surface area (Å²) in [6.07, 6.45) is 1.08. The summed E-state index contributed by atoms with van der Waals surface area (Å²) in [6, 6.07) is 2.05. The number of carbonyl (C=O) groups is 5. The van der Waals surface area contributed by atoms with Gasteiger partial charge < -0.3 is 21.1 Å². The average Bonchev–Trinajstić information content (AvgIpc) is 3.83. The maximum atomic E-state index is 14.7. The first-order valence-corrected chi connectivity index (χ1v) is 20.8. The molecule has 16 nitrogen and oxygen atoms in total. The first-order chi connectivity index (χ1) is 26.2. The van der Waals surface area contributed by atoms with Crippen LogP contribution in [0, 0.1) is 5.92 Å². The molecule has 2 aromatic rings. The van der Waals surface area contributed by atoms with Crippen LogP contribution in [0.4, 0.5) is 13.2 Å². The summed E-state index contributed by atoms with van der Waals surface area (Å²) in [5.74, 6) is -3.73. The van der Waals surface area contributed by atoms with E-state index >= 15 is 0 Å². The first kappa shape index (κ1) is 42.9. The number of ketones is 1. The van der Waals surface area contributed by atoms with Crippen molar-refractivity contribution in [3.8, 4) is 0 Å². The van der Waals surface area contributed by atoms with Gasteiger partial charge in [-0.05, 0) is 74.8 Å². The van der Waals surface area contributed by atoms with Crippen molar-refractivity contribution in [2.24, 2.45) is 16.6 Å². The third-order valence-electron chi connectivity index (χ3n) is 10.3. The number of primary amides is 1. The number of hydrogen-bond acceptors (Lipinski definition) is 11. The van der Waals surface area contributed by atoms with Crippen molar-refractivity contribution in [3.05, 3.63) is 41.7 Å². The molecule has 3 aliphatic rings. The van der Waals surface area contributed by atoms with Crippen molar-refractivity contribution >= 4 is 56.9 Å². The fourth-order valence-corrected chi connectivity index (χ4v) is 9.54. The van der Waals surface area contributed by atoms with Gasteiger partial charge in [0, 0.05) is 18.5 Å². The van der Waals surface area contributed by atoms with E-state index in [1.54, 1.807) is 0 Å². The summed E-state index contributed by atoms with van der Waals surface area (Å²) in [7, 11) is -4.57. The predicted octanol–water partition coefficient (Wildman–Crippen LogP) is 2.18. The number of thioether (sulfide) groups is 1. The number of aliphatic imine (C=N–C) groups is 1. The number of carbonyl (C=O) groups excluding carboxylic acids is 5. The zero-order chi connectivity index (χ0) is 41.1. The number of aromatic nitrogens is 3. The second-order valence-electron chi connectivity index (χ2n) is 14.9. The molecule has 4 amide bonds. The van der Waals surface area contributed by atoms with E-state index in [2.05, 4.69) is 20.6 Å². The number of halogens is 3. The third-order valence-corrected chi connectivity index (χ3v) is 12.7. The second kappa shape index (κ2) is 17.1. The van der Waals surface area contributed by atoms with Crippen molar-refractivity contribution in [3.63, 3.8) is 0 Å². The highest BCUT2D eigenvalue weighted by molar-refractivity contribution is 7.99. The minimum Gasteiger partial charge on any atom is -0.384 e. The Morgan fingerprint density at radius 1 is 1.05 bits per heavy atom. The molecule has 21 heteroatoms. The predicted molar refractivity (Wildman–Crippen MR) is 197 cm³/mol. The Labute approximate surface area is 325 Å². The molecule has 2 saturated heterocycles. The van der Waals surface area contributed by atoms with Crippen molar-refractivity contribution in [1.29, 1.82) is 0 Å². The van der Waals surface area contributed by atoms with Gasteiger partial charge in [-0.1, -0.05) is 37.3 Å². The molecule has 3 fully saturated rings. The van der Waals surface area contributed by atoms with E-state index in [1.807, 2.05) is 0 Å². The molecule has 1 aromatic carbocycles. The highest BCUT2D eigenvalue weighted by atomic mass is 32.2. The molecule has 0 bridgehead atoms. The van der Waals surface area contributed by atoms with Gasteiger partial charge in [-0.25, -0.2) is 22.8 Å². The molecule has 1 saturated carbocycles. The number of rotatable bonds is 13. The maximum Gasteiger partial charge on any atom is 0.402 e. The average molecular weight is 827 g/mol. The first-order valence-electron chi connectivity index (χ1n) is 18.2. The van der Waals surface area contributed by atoms with Gasteiger partial charge in [-0.3, -0.25) is 24.0 Å². The van der Waals surface area contributed by atoms with E-state index in [9.17, 15) is 50.7 Å². The summed E-state index contributed by atoms with van der Waals surface area (Å²) < 4.78 is 65.7. The van der Waals surface area contributed by atoms with Gasteiger partial charge in [0.15, 0.2) is 0 Å². The molecule has 2 aliphatic heterocycles. The molecule has 0 spiro atoms. The Kier molecular flexibility index (Phi) is 13.1. The zero-order valence-corrected chi connectivity index (χ0v) is 32.5. The molecule has 5 rings (SSSR count). The van der Waals surface area contributed by atoms with Gasteiger partial charge in [0.1, 0.15) is 29.4 Å². The minimum atomic E-state index is -4.79. The number of Topliss-reactive ketones (excluding diaryl/α,β-unsaturated/α-hetero) is 1. The molecule has 1 aliphatic carbocycles. The molecule has 0 radical (unpaired) electrons. The van der Waals surface area contributed by atoms with Crippen molar-refractivity contribution in [2.45, 2.75) is 106 Å². The highest BCUT2D eigenvalue weighted by Gasteiger charge is 2.49. The smallest absolute Gasteiger partial charge is 0.384 e. The molecule has 56 heavy (non-hydrogen) atoms. The molecule has 306 valence electrons. The SMILES string of the molecule is CC(C)(O)c1cnnn1[C@H]1C[C@@H](C(=O)NC2(C(=O)C(N)=O)CCSCC2)N(C(=O)/C(CC2CCCCC2)=N/C(=O)c2ccc(S(=O)(=O)NCC(F)(F)F)cc2)C1. The number of alkyl halides is 3. The summed E-state index contributed by atoms with van der Waals surface area (Å²) in [4.78, 5) is 72.8. The van der Waals surface area contributed by atoms with Gasteiger partial charge in [0.25, 0.3) is 17.7 Å². The monoisotopic (exact) mass is 826 g/mol. The van der Waals surface area contributed by atoms with Gasteiger partial charge in [0.05, 0.1) is 22.8 Å². The standard InChI is InChI=1S/C35H45F3N8O8S2/c1-33(2,52)27-18-40-44-46(27)23-17-26(31(50)43-34(28(47)29(39)48)12-14-55-15-13-34)45(19-23)32(51)25(16-21-6-4-3-5-7-21)42-30(49)22-8-10-24(11-9-22)56(53,54)41-20-35(36,37)38/h8-11,18,21,23,26,41,52H,3-7,12-17,19-20H2,1-2H3,(H2,39,48)(H,43,50)/b42-25+/t23-,26-/m0/s1. The fourth-order valence-electron chi connectivity index (χ4n) is 7.33. The van der Waals surface area contributed by atoms with Crippen LogP contribution in [0.2, 0.25) is 0 Å². The number of aliphatic hydroxyl groups is 1. The Morgan fingerprint density at radius 2 is 1.70 bits per heavy atom. The van der Waals surface area contributed by atoms with E-state index in [0.29, 0.717) is 17.2 Å². The van der Waals surface area contributed by atoms with Crippen LogP contribution in [0.15, 0.2) is 40.4 Å². The van der Waals surface area contributed by atoms with Crippen LogP contribution in [0.1, 0.15) is 93.7 Å². The van der Waals surface area contributed by atoms with Crippen LogP contribution in [0.5, 0.6) is 0 Å². The van der Waals surface area contributed by atoms with Gasteiger partial charge in [0.2, 0.25) is 21.7 Å². The lowest BCUT2D eigenvalue weighted by Crippen LogP contribution is -2.63. The number of hydrogen-bond donors (Lipinski definition) is 4. The van der Waals surface area contributed by atoms with Crippen LogP contribution in [-0.2, 0) is 34.8 Å². The Balaban J connectivity index is 1.50. The number of amides is 4. The summed E-state index contributed by atoms with van der Waals surface area (Å²) in [5, 5.41) is 21.7. The van der Waals surface area contributed by atoms with E-state index in [1.165, 1.54) is 46.1 Å². The largest absolute Gasteiger partial charge is 0.402 e. The van der Waals surface area contributed by atoms with Crippen molar-refractivity contribution in [2.75, 3.05) is 24.6 Å². The number of nitrogens with one attached hydrogen (secondary N) is 2. The lowest BCUT2D eigenvalue weighted by atomic mass is 9.85. The lowest BCUT2D eigenvalue weighted by molar-refractivity contribution is -0.143. The summed E-state index contributed by atoms with van der Waals surface area (Å²) in [6.45, 7) is 1.10. The van der Waals surface area contributed by atoms with Crippen LogP contribution >= 0.6 is 11.8 Å². The Hall–Kier alpha value is -4.21. The van der Waals surface area contributed by atoms with Crippen molar-refractivity contribution in [1.82, 2.24) is 29.9 Å². The van der Waals surface area contributed by atoms with Crippen LogP contribution in [-0.4, -0.2) is 111 Å². The Bertz CT molecular complexity index is 1950. The van der Waals surface area contributed by atoms with Crippen LogP contribution in [0.3, 0.4) is 0 Å².